The van der Waals surface area contributed by atoms with Gasteiger partial charge in [-0.15, -0.1) is 0 Å². The van der Waals surface area contributed by atoms with Crippen LogP contribution in [0.5, 0.6) is 0 Å². The van der Waals surface area contributed by atoms with Crippen LogP contribution >= 0.6 is 0 Å². The van der Waals surface area contributed by atoms with Gasteiger partial charge in [0.05, 0.1) is 0 Å². The summed E-state index contributed by atoms with van der Waals surface area (Å²) in [6, 6.07) is 11.2. The van der Waals surface area contributed by atoms with Crippen molar-refractivity contribution in [2.45, 2.75) is 13.3 Å². The van der Waals surface area contributed by atoms with Crippen molar-refractivity contribution in [3.8, 4) is 0 Å². The number of benzene rings is 1. The van der Waals surface area contributed by atoms with Crippen LogP contribution in [0.1, 0.15) is 21.6 Å². The van der Waals surface area contributed by atoms with Gasteiger partial charge in [-0.05, 0) is 42.8 Å². The molecule has 0 aliphatic carbocycles. The van der Waals surface area contributed by atoms with Crippen molar-refractivity contribution < 1.29 is 4.79 Å². The molecular formula is C16H19N3O. The number of hydrogen-bond donors (Lipinski definition) is 1. The zero-order valence-corrected chi connectivity index (χ0v) is 11.8. The van der Waals surface area contributed by atoms with E-state index in [1.165, 1.54) is 0 Å². The van der Waals surface area contributed by atoms with Crippen LogP contribution in [-0.2, 0) is 6.42 Å². The Kier molecular flexibility index (Phi) is 4.35. The van der Waals surface area contributed by atoms with E-state index in [1.54, 1.807) is 30.3 Å². The summed E-state index contributed by atoms with van der Waals surface area (Å²) in [6.45, 7) is 2.54. The summed E-state index contributed by atoms with van der Waals surface area (Å²) in [5.74, 6) is 0.0124. The second kappa shape index (κ2) is 6.19. The third kappa shape index (κ3) is 3.35. The van der Waals surface area contributed by atoms with Gasteiger partial charge in [0.15, 0.2) is 0 Å². The number of anilines is 1. The van der Waals surface area contributed by atoms with E-state index < -0.39 is 0 Å². The second-order valence-corrected chi connectivity index (χ2v) is 4.87. The van der Waals surface area contributed by atoms with Crippen molar-refractivity contribution in [2.75, 3.05) is 19.3 Å². The van der Waals surface area contributed by atoms with Crippen LogP contribution in [0.3, 0.4) is 0 Å². The molecule has 0 spiro atoms. The highest BCUT2D eigenvalue weighted by atomic mass is 16.2. The molecule has 0 saturated carbocycles. The molecule has 4 nitrogen and oxygen atoms in total. The Labute approximate surface area is 119 Å². The van der Waals surface area contributed by atoms with Crippen LogP contribution in [0, 0.1) is 6.92 Å². The molecule has 0 aliphatic heterocycles. The quantitative estimate of drug-likeness (QED) is 0.866. The number of hydrogen-bond acceptors (Lipinski definition) is 3. The van der Waals surface area contributed by atoms with Crippen molar-refractivity contribution in [3.05, 3.63) is 59.4 Å². The lowest BCUT2D eigenvalue weighted by Crippen LogP contribution is -2.29. The smallest absolute Gasteiger partial charge is 0.253 e. The van der Waals surface area contributed by atoms with Gasteiger partial charge in [-0.1, -0.05) is 6.07 Å². The first-order valence-electron chi connectivity index (χ1n) is 6.59. The number of amides is 1. The summed E-state index contributed by atoms with van der Waals surface area (Å²) in [7, 11) is 1.81. The molecule has 2 rings (SSSR count). The molecule has 20 heavy (non-hydrogen) atoms. The van der Waals surface area contributed by atoms with E-state index in [-0.39, 0.29) is 5.91 Å². The Bertz CT molecular complexity index is 596. The Morgan fingerprint density at radius 1 is 1.30 bits per heavy atom. The third-order valence-corrected chi connectivity index (χ3v) is 3.26. The van der Waals surface area contributed by atoms with Crippen molar-refractivity contribution in [2.24, 2.45) is 0 Å². The Hall–Kier alpha value is -2.36. The van der Waals surface area contributed by atoms with Gasteiger partial charge in [0.1, 0.15) is 0 Å². The first-order valence-corrected chi connectivity index (χ1v) is 6.59. The summed E-state index contributed by atoms with van der Waals surface area (Å²) in [5.41, 5.74) is 8.97. The standard InChI is InChI=1S/C16H19N3O/c1-12-11-13(17)6-7-15(12)16(20)19(2)10-8-14-5-3-4-9-18-14/h3-7,9,11H,8,10,17H2,1-2H3. The van der Waals surface area contributed by atoms with Crippen molar-refractivity contribution in [3.63, 3.8) is 0 Å². The number of nitrogen functional groups attached to an aromatic ring is 1. The molecule has 2 N–H and O–H groups in total. The monoisotopic (exact) mass is 269 g/mol. The highest BCUT2D eigenvalue weighted by molar-refractivity contribution is 5.95. The molecular weight excluding hydrogens is 250 g/mol. The topological polar surface area (TPSA) is 59.2 Å². The Balaban J connectivity index is 2.01. The molecule has 104 valence electrons. The molecule has 0 atom stereocenters. The van der Waals surface area contributed by atoms with E-state index in [0.29, 0.717) is 17.8 Å². The number of rotatable bonds is 4. The van der Waals surface area contributed by atoms with E-state index in [9.17, 15) is 4.79 Å². The van der Waals surface area contributed by atoms with E-state index in [1.807, 2.05) is 31.2 Å². The third-order valence-electron chi connectivity index (χ3n) is 3.26. The predicted molar refractivity (Wildman–Crippen MR) is 80.5 cm³/mol. The maximum atomic E-state index is 12.4. The fraction of sp³-hybridized carbons (Fsp3) is 0.250. The fourth-order valence-corrected chi connectivity index (χ4v) is 2.06. The molecule has 1 aromatic carbocycles. The molecule has 0 bridgehead atoms. The number of aryl methyl sites for hydroxylation is 1. The van der Waals surface area contributed by atoms with Gasteiger partial charge in [-0.2, -0.15) is 0 Å². The van der Waals surface area contributed by atoms with Gasteiger partial charge in [0.25, 0.3) is 5.91 Å². The van der Waals surface area contributed by atoms with Gasteiger partial charge in [-0.3, -0.25) is 9.78 Å². The fourth-order valence-electron chi connectivity index (χ4n) is 2.06. The lowest BCUT2D eigenvalue weighted by Gasteiger charge is -2.18. The van der Waals surface area contributed by atoms with E-state index in [2.05, 4.69) is 4.98 Å². The summed E-state index contributed by atoms with van der Waals surface area (Å²) in [4.78, 5) is 18.3. The minimum Gasteiger partial charge on any atom is -0.399 e. The van der Waals surface area contributed by atoms with E-state index in [0.717, 1.165) is 17.7 Å². The lowest BCUT2D eigenvalue weighted by atomic mass is 10.1. The SMILES string of the molecule is Cc1cc(N)ccc1C(=O)N(C)CCc1ccccn1. The molecule has 0 radical (unpaired) electrons. The summed E-state index contributed by atoms with van der Waals surface area (Å²) >= 11 is 0. The first kappa shape index (κ1) is 14.1. The van der Waals surface area contributed by atoms with E-state index in [4.69, 9.17) is 5.73 Å². The van der Waals surface area contributed by atoms with Crippen LogP contribution in [0.25, 0.3) is 0 Å². The van der Waals surface area contributed by atoms with Gasteiger partial charge in [0.2, 0.25) is 0 Å². The number of nitrogens with two attached hydrogens (primary N) is 1. The molecule has 1 amide bonds. The number of nitrogens with zero attached hydrogens (tertiary/aromatic N) is 2. The van der Waals surface area contributed by atoms with E-state index >= 15 is 0 Å². The summed E-state index contributed by atoms with van der Waals surface area (Å²) < 4.78 is 0. The number of carbonyl (C=O) groups is 1. The van der Waals surface area contributed by atoms with Crippen molar-refractivity contribution >= 4 is 11.6 Å². The Morgan fingerprint density at radius 3 is 2.75 bits per heavy atom. The molecule has 4 heteroatoms. The van der Waals surface area contributed by atoms with Gasteiger partial charge in [0, 0.05) is 43.2 Å². The maximum Gasteiger partial charge on any atom is 0.253 e. The van der Waals surface area contributed by atoms with Crippen molar-refractivity contribution in [1.82, 2.24) is 9.88 Å². The van der Waals surface area contributed by atoms with Gasteiger partial charge in [-0.25, -0.2) is 0 Å². The molecule has 0 fully saturated rings. The second-order valence-electron chi connectivity index (χ2n) is 4.87. The van der Waals surface area contributed by atoms with Crippen LogP contribution in [0.15, 0.2) is 42.6 Å². The molecule has 0 aliphatic rings. The van der Waals surface area contributed by atoms with Crippen LogP contribution in [0.2, 0.25) is 0 Å². The molecule has 1 heterocycles. The number of likely N-dealkylation sites (N-methyl/N-ethyl adjacent to an activating group) is 1. The molecule has 2 aromatic rings. The van der Waals surface area contributed by atoms with Gasteiger partial charge < -0.3 is 10.6 Å². The number of carbonyl (C=O) groups excluding carboxylic acids is 1. The van der Waals surface area contributed by atoms with Crippen LogP contribution in [-0.4, -0.2) is 29.4 Å². The average Bonchev–Trinajstić information content (AvgIpc) is 2.45. The number of aromatic nitrogens is 1. The maximum absolute atomic E-state index is 12.4. The zero-order chi connectivity index (χ0) is 14.5. The lowest BCUT2D eigenvalue weighted by molar-refractivity contribution is 0.0795. The highest BCUT2D eigenvalue weighted by Gasteiger charge is 2.14. The summed E-state index contributed by atoms with van der Waals surface area (Å²) in [5, 5.41) is 0. The van der Waals surface area contributed by atoms with Gasteiger partial charge >= 0.3 is 0 Å². The molecule has 0 saturated heterocycles. The van der Waals surface area contributed by atoms with Crippen LogP contribution < -0.4 is 5.73 Å². The Morgan fingerprint density at radius 2 is 2.10 bits per heavy atom. The summed E-state index contributed by atoms with van der Waals surface area (Å²) in [6.07, 6.45) is 2.51. The predicted octanol–water partition coefficient (Wildman–Crippen LogP) is 2.29. The minimum atomic E-state index is 0.0124. The minimum absolute atomic E-state index is 0.0124. The number of pyridine rings is 1. The normalized spacial score (nSPS) is 10.3. The molecule has 1 aromatic heterocycles. The highest BCUT2D eigenvalue weighted by Crippen LogP contribution is 2.14. The largest absolute Gasteiger partial charge is 0.399 e. The van der Waals surface area contributed by atoms with Crippen LogP contribution in [0.4, 0.5) is 5.69 Å². The zero-order valence-electron chi connectivity index (χ0n) is 11.8. The van der Waals surface area contributed by atoms with Crippen molar-refractivity contribution in [1.29, 1.82) is 0 Å². The first-order chi connectivity index (χ1) is 9.58. The average molecular weight is 269 g/mol. The molecule has 0 unspecified atom stereocenters.